The molecule has 0 heterocycles. The SMILES string of the molecule is C=C(C)C(=O)OC(C)O[Si]([Si](C)(C)C)([Si](C)(C)C)[Si](C)(C)C. The van der Waals surface area contributed by atoms with Crippen molar-refractivity contribution in [1.29, 1.82) is 0 Å². The van der Waals surface area contributed by atoms with Crippen molar-refractivity contribution in [3.05, 3.63) is 12.2 Å². The Hall–Kier alpha value is 0.0375. The standard InChI is InChI=1S/C15H36O3Si4/c1-13(2)15(16)17-14(3)18-22(19(4,5)6,20(7,8)9)21(10,11)12/h14H,1H2,2-12H3. The van der Waals surface area contributed by atoms with Gasteiger partial charge >= 0.3 is 5.97 Å². The Morgan fingerprint density at radius 2 is 1.18 bits per heavy atom. The summed E-state index contributed by atoms with van der Waals surface area (Å²) < 4.78 is 12.3. The summed E-state index contributed by atoms with van der Waals surface area (Å²) in [6.07, 6.45) is -0.471. The van der Waals surface area contributed by atoms with E-state index in [2.05, 4.69) is 65.5 Å². The first-order valence-electron chi connectivity index (χ1n) is 8.01. The fraction of sp³-hybridized carbons (Fsp3) is 0.800. The maximum absolute atomic E-state index is 11.8. The molecule has 0 N–H and O–H groups in total. The van der Waals surface area contributed by atoms with Gasteiger partial charge in [-0.25, -0.2) is 4.79 Å². The molecule has 7 heteroatoms. The van der Waals surface area contributed by atoms with Gasteiger partial charge in [-0.05, 0) is 13.8 Å². The summed E-state index contributed by atoms with van der Waals surface area (Å²) in [6, 6.07) is 0. The lowest BCUT2D eigenvalue weighted by molar-refractivity contribution is -0.156. The van der Waals surface area contributed by atoms with E-state index >= 15 is 0 Å². The first kappa shape index (κ1) is 22.0. The second-order valence-corrected chi connectivity index (χ2v) is 48.7. The number of esters is 1. The Labute approximate surface area is 141 Å². The van der Waals surface area contributed by atoms with Gasteiger partial charge in [0, 0.05) is 5.57 Å². The Morgan fingerprint density at radius 1 is 0.864 bits per heavy atom. The van der Waals surface area contributed by atoms with E-state index in [1.54, 1.807) is 6.92 Å². The van der Waals surface area contributed by atoms with Gasteiger partial charge in [0.15, 0.2) is 13.2 Å². The molecule has 0 saturated heterocycles. The van der Waals surface area contributed by atoms with E-state index in [-0.39, 0.29) is 5.97 Å². The number of ether oxygens (including phenoxy) is 1. The van der Waals surface area contributed by atoms with Crippen LogP contribution >= 0.6 is 0 Å². The number of hydrogen-bond donors (Lipinski definition) is 0. The highest BCUT2D eigenvalue weighted by atomic mass is 29.9. The Morgan fingerprint density at radius 3 is 1.41 bits per heavy atom. The van der Waals surface area contributed by atoms with Gasteiger partial charge in [0.05, 0.1) is 22.8 Å². The summed E-state index contributed by atoms with van der Waals surface area (Å²) in [7, 11) is -4.57. The molecule has 130 valence electrons. The largest absolute Gasteiger partial charge is 0.434 e. The van der Waals surface area contributed by atoms with Crippen LogP contribution in [-0.4, -0.2) is 41.9 Å². The van der Waals surface area contributed by atoms with Crippen molar-refractivity contribution in [3.63, 3.8) is 0 Å². The molecule has 0 radical (unpaired) electrons. The van der Waals surface area contributed by atoms with Gasteiger partial charge in [0.1, 0.15) is 0 Å². The van der Waals surface area contributed by atoms with E-state index in [9.17, 15) is 4.79 Å². The molecule has 0 aromatic carbocycles. The highest BCUT2D eigenvalue weighted by molar-refractivity contribution is 7.87. The lowest BCUT2D eigenvalue weighted by Gasteiger charge is -2.56. The minimum atomic E-state index is -1.96. The maximum atomic E-state index is 11.8. The fourth-order valence-electron chi connectivity index (χ4n) is 4.43. The summed E-state index contributed by atoms with van der Waals surface area (Å²) >= 11 is 0. The fourth-order valence-corrected chi connectivity index (χ4v) is 98.5. The van der Waals surface area contributed by atoms with E-state index in [1.807, 2.05) is 6.92 Å². The van der Waals surface area contributed by atoms with Crippen LogP contribution in [0.1, 0.15) is 13.8 Å². The van der Waals surface area contributed by atoms with Crippen molar-refractivity contribution < 1.29 is 14.0 Å². The monoisotopic (exact) mass is 376 g/mol. The third-order valence-electron chi connectivity index (χ3n) is 4.13. The second kappa shape index (κ2) is 6.88. The first-order valence-corrected chi connectivity index (χ1v) is 23.4. The molecule has 0 aromatic heterocycles. The third kappa shape index (κ3) is 4.53. The van der Waals surface area contributed by atoms with Gasteiger partial charge < -0.3 is 9.16 Å². The molecule has 0 aliphatic heterocycles. The average molecular weight is 377 g/mol. The molecule has 0 bridgehead atoms. The first-order chi connectivity index (χ1) is 9.47. The zero-order valence-electron chi connectivity index (χ0n) is 16.5. The highest BCUT2D eigenvalue weighted by Gasteiger charge is 2.64. The summed E-state index contributed by atoms with van der Waals surface area (Å²) in [5, 5.41) is 0. The molecule has 0 saturated carbocycles. The number of carbonyl (C=O) groups is 1. The third-order valence-corrected chi connectivity index (χ3v) is 71.7. The average Bonchev–Trinajstić information content (AvgIpc) is 2.19. The predicted molar refractivity (Wildman–Crippen MR) is 107 cm³/mol. The van der Waals surface area contributed by atoms with E-state index in [1.165, 1.54) is 0 Å². The second-order valence-electron chi connectivity index (χ2n) is 9.30. The van der Waals surface area contributed by atoms with Crippen molar-refractivity contribution in [2.45, 2.75) is 79.1 Å². The molecule has 0 aromatic rings. The van der Waals surface area contributed by atoms with Crippen LogP contribution in [0.4, 0.5) is 0 Å². The molecule has 1 atom stereocenters. The Kier molecular flexibility index (Phi) is 6.89. The van der Waals surface area contributed by atoms with Crippen LogP contribution in [0, 0.1) is 0 Å². The van der Waals surface area contributed by atoms with Crippen molar-refractivity contribution >= 4 is 35.6 Å². The van der Waals surface area contributed by atoms with E-state index in [0.29, 0.717) is 5.57 Å². The molecule has 0 rings (SSSR count). The number of hydrogen-bond acceptors (Lipinski definition) is 3. The minimum absolute atomic E-state index is 0.350. The van der Waals surface area contributed by atoms with Gasteiger partial charge in [-0.15, -0.1) is 0 Å². The van der Waals surface area contributed by atoms with Crippen molar-refractivity contribution in [2.24, 2.45) is 0 Å². The normalized spacial score (nSPS) is 15.4. The van der Waals surface area contributed by atoms with Crippen LogP contribution in [0.5, 0.6) is 0 Å². The molecule has 0 fully saturated rings. The van der Waals surface area contributed by atoms with Crippen LogP contribution in [0.15, 0.2) is 12.2 Å². The van der Waals surface area contributed by atoms with Gasteiger partial charge in [-0.2, -0.15) is 0 Å². The van der Waals surface area contributed by atoms with Crippen LogP contribution in [-0.2, 0) is 14.0 Å². The van der Waals surface area contributed by atoms with Crippen molar-refractivity contribution in [1.82, 2.24) is 0 Å². The van der Waals surface area contributed by atoms with Crippen molar-refractivity contribution in [3.8, 4) is 0 Å². The zero-order chi connectivity index (χ0) is 18.1. The summed E-state index contributed by atoms with van der Waals surface area (Å²) in [5.41, 5.74) is 0.428. The van der Waals surface area contributed by atoms with Crippen molar-refractivity contribution in [2.75, 3.05) is 0 Å². The van der Waals surface area contributed by atoms with E-state index in [4.69, 9.17) is 9.16 Å². The van der Waals surface area contributed by atoms with Gasteiger partial charge in [-0.3, -0.25) is 0 Å². The van der Waals surface area contributed by atoms with Gasteiger partial charge in [0.2, 0.25) is 0 Å². The maximum Gasteiger partial charge on any atom is 0.335 e. The quantitative estimate of drug-likeness (QED) is 0.280. The zero-order valence-corrected chi connectivity index (χ0v) is 20.5. The number of carbonyl (C=O) groups excluding carboxylic acids is 1. The topological polar surface area (TPSA) is 35.5 Å². The molecule has 1 unspecified atom stereocenters. The van der Waals surface area contributed by atoms with E-state index in [0.717, 1.165) is 0 Å². The summed E-state index contributed by atoms with van der Waals surface area (Å²) in [5.74, 6) is -0.350. The molecule has 0 aliphatic rings. The number of rotatable bonds is 7. The molecular weight excluding hydrogens is 341 g/mol. The Balaban J connectivity index is 5.82. The van der Waals surface area contributed by atoms with Crippen LogP contribution in [0.25, 0.3) is 0 Å². The predicted octanol–water partition coefficient (Wildman–Crippen LogP) is 4.66. The van der Waals surface area contributed by atoms with Gasteiger partial charge in [-0.1, -0.05) is 65.5 Å². The van der Waals surface area contributed by atoms with E-state index < -0.39 is 35.9 Å². The van der Waals surface area contributed by atoms with Crippen LogP contribution in [0.3, 0.4) is 0 Å². The summed E-state index contributed by atoms with van der Waals surface area (Å²) in [6.45, 7) is 27.3. The Bertz CT molecular complexity index is 392. The van der Waals surface area contributed by atoms with Crippen LogP contribution < -0.4 is 0 Å². The molecule has 0 amide bonds. The lowest BCUT2D eigenvalue weighted by Crippen LogP contribution is -2.84. The molecular formula is C15H36O3Si4. The van der Waals surface area contributed by atoms with Crippen LogP contribution in [0.2, 0.25) is 58.9 Å². The lowest BCUT2D eigenvalue weighted by atomic mass is 10.4. The highest BCUT2D eigenvalue weighted by Crippen LogP contribution is 2.38. The molecule has 3 nitrogen and oxygen atoms in total. The minimum Gasteiger partial charge on any atom is -0.434 e. The summed E-state index contributed by atoms with van der Waals surface area (Å²) in [4.78, 5) is 11.8. The smallest absolute Gasteiger partial charge is 0.335 e. The molecule has 22 heavy (non-hydrogen) atoms. The molecule has 0 spiro atoms. The molecule has 0 aliphatic carbocycles. The van der Waals surface area contributed by atoms with Gasteiger partial charge in [0.25, 0.3) is 0 Å².